The van der Waals surface area contributed by atoms with Crippen LogP contribution in [0.2, 0.25) is 0 Å². The van der Waals surface area contributed by atoms with E-state index in [-0.39, 0.29) is 5.75 Å². The highest BCUT2D eigenvalue weighted by molar-refractivity contribution is 5.79. The van der Waals surface area contributed by atoms with Crippen LogP contribution in [0, 0.1) is 0 Å². The molecule has 0 atom stereocenters. The zero-order chi connectivity index (χ0) is 17.1. The summed E-state index contributed by atoms with van der Waals surface area (Å²) in [5, 5.41) is 13.7. The Morgan fingerprint density at radius 3 is 2.64 bits per heavy atom. The number of aromatic hydroxyl groups is 1. The van der Waals surface area contributed by atoms with Gasteiger partial charge in [0, 0.05) is 24.5 Å². The third-order valence-corrected chi connectivity index (χ3v) is 4.14. The van der Waals surface area contributed by atoms with Crippen LogP contribution < -0.4 is 5.32 Å². The van der Waals surface area contributed by atoms with Gasteiger partial charge in [0.05, 0.1) is 6.20 Å². The van der Waals surface area contributed by atoms with Gasteiger partial charge in [-0.3, -0.25) is 9.38 Å². The predicted octanol–water partition coefficient (Wildman–Crippen LogP) is 3.76. The number of nitrogens with zero attached hydrogens (tertiary/aromatic N) is 3. The van der Waals surface area contributed by atoms with Gasteiger partial charge < -0.3 is 10.4 Å². The molecule has 0 bridgehead atoms. The number of para-hydroxylation sites is 1. The average molecular weight is 330 g/mol. The molecule has 0 saturated heterocycles. The van der Waals surface area contributed by atoms with E-state index < -0.39 is 0 Å². The van der Waals surface area contributed by atoms with Crippen LogP contribution in [0.4, 0.5) is 5.82 Å². The molecule has 5 nitrogen and oxygen atoms in total. The fourth-order valence-corrected chi connectivity index (χ4v) is 2.91. The summed E-state index contributed by atoms with van der Waals surface area (Å²) in [7, 11) is 0. The molecule has 5 heteroatoms. The lowest BCUT2D eigenvalue weighted by Gasteiger charge is -2.09. The van der Waals surface area contributed by atoms with Crippen molar-refractivity contribution in [1.29, 1.82) is 0 Å². The number of fused-ring (bicyclic) bond motifs is 1. The van der Waals surface area contributed by atoms with Gasteiger partial charge in [-0.05, 0) is 24.1 Å². The lowest BCUT2D eigenvalue weighted by Crippen LogP contribution is -2.07. The van der Waals surface area contributed by atoms with Gasteiger partial charge in [0.1, 0.15) is 17.3 Å². The fourth-order valence-electron chi connectivity index (χ4n) is 2.91. The summed E-state index contributed by atoms with van der Waals surface area (Å²) >= 11 is 0. The zero-order valence-corrected chi connectivity index (χ0v) is 13.6. The number of aromatic nitrogens is 3. The van der Waals surface area contributed by atoms with Crippen molar-refractivity contribution in [3.63, 3.8) is 0 Å². The first-order valence-corrected chi connectivity index (χ1v) is 8.21. The van der Waals surface area contributed by atoms with E-state index in [1.54, 1.807) is 24.5 Å². The maximum Gasteiger partial charge on any atom is 0.157 e. The molecule has 0 amide bonds. The minimum Gasteiger partial charge on any atom is -0.507 e. The Morgan fingerprint density at radius 2 is 1.80 bits per heavy atom. The van der Waals surface area contributed by atoms with E-state index in [1.807, 2.05) is 40.9 Å². The number of nitrogens with one attached hydrogen (secondary N) is 1. The molecule has 0 saturated carbocycles. The SMILES string of the molecule is Oc1ccccc1-c1nc2cnccn2c1NCCc1ccccc1. The Hall–Kier alpha value is -3.34. The molecule has 2 N–H and O–H groups in total. The number of hydrogen-bond donors (Lipinski definition) is 2. The zero-order valence-electron chi connectivity index (χ0n) is 13.6. The first kappa shape index (κ1) is 15.2. The Morgan fingerprint density at radius 1 is 1.00 bits per heavy atom. The quantitative estimate of drug-likeness (QED) is 0.585. The van der Waals surface area contributed by atoms with Crippen molar-refractivity contribution in [2.24, 2.45) is 0 Å². The van der Waals surface area contributed by atoms with Gasteiger partial charge in [-0.25, -0.2) is 4.98 Å². The van der Waals surface area contributed by atoms with Gasteiger partial charge in [0.25, 0.3) is 0 Å². The van der Waals surface area contributed by atoms with Crippen LogP contribution in [-0.2, 0) is 6.42 Å². The summed E-state index contributed by atoms with van der Waals surface area (Å²) in [5.41, 5.74) is 3.44. The lowest BCUT2D eigenvalue weighted by molar-refractivity contribution is 0.477. The summed E-state index contributed by atoms with van der Waals surface area (Å²) in [4.78, 5) is 8.79. The molecular weight excluding hydrogens is 312 g/mol. The second-order valence-corrected chi connectivity index (χ2v) is 5.79. The highest BCUT2D eigenvalue weighted by Crippen LogP contribution is 2.34. The van der Waals surface area contributed by atoms with E-state index in [9.17, 15) is 5.11 Å². The van der Waals surface area contributed by atoms with Crippen LogP contribution in [0.5, 0.6) is 5.75 Å². The molecule has 124 valence electrons. The summed E-state index contributed by atoms with van der Waals surface area (Å²) < 4.78 is 1.96. The summed E-state index contributed by atoms with van der Waals surface area (Å²) in [6.45, 7) is 0.765. The van der Waals surface area contributed by atoms with Crippen LogP contribution in [-0.4, -0.2) is 26.0 Å². The molecule has 0 aliphatic rings. The van der Waals surface area contributed by atoms with Gasteiger partial charge in [-0.2, -0.15) is 0 Å². The van der Waals surface area contributed by atoms with Crippen LogP contribution in [0.15, 0.2) is 73.2 Å². The third-order valence-electron chi connectivity index (χ3n) is 4.14. The van der Waals surface area contributed by atoms with E-state index in [1.165, 1.54) is 5.56 Å². The van der Waals surface area contributed by atoms with Crippen LogP contribution in [0.3, 0.4) is 0 Å². The van der Waals surface area contributed by atoms with E-state index >= 15 is 0 Å². The predicted molar refractivity (Wildman–Crippen MR) is 98.7 cm³/mol. The monoisotopic (exact) mass is 330 g/mol. The molecule has 2 heterocycles. The van der Waals surface area contributed by atoms with E-state index in [0.29, 0.717) is 5.56 Å². The molecule has 0 radical (unpaired) electrons. The topological polar surface area (TPSA) is 62.5 Å². The van der Waals surface area contributed by atoms with E-state index in [0.717, 1.165) is 30.1 Å². The van der Waals surface area contributed by atoms with Crippen molar-refractivity contribution in [2.75, 3.05) is 11.9 Å². The molecule has 0 aliphatic carbocycles. The normalized spacial score (nSPS) is 10.9. The molecule has 0 fully saturated rings. The molecule has 2 aromatic heterocycles. The van der Waals surface area contributed by atoms with Crippen LogP contribution in [0.25, 0.3) is 16.9 Å². The fraction of sp³-hybridized carbons (Fsp3) is 0.100. The molecule has 0 unspecified atom stereocenters. The van der Waals surface area contributed by atoms with E-state index in [4.69, 9.17) is 0 Å². The smallest absolute Gasteiger partial charge is 0.157 e. The number of benzene rings is 2. The van der Waals surface area contributed by atoms with Crippen molar-refractivity contribution in [2.45, 2.75) is 6.42 Å². The van der Waals surface area contributed by atoms with Gasteiger partial charge in [-0.15, -0.1) is 0 Å². The van der Waals surface area contributed by atoms with Crippen LogP contribution in [0.1, 0.15) is 5.56 Å². The Labute approximate surface area is 145 Å². The number of anilines is 1. The third kappa shape index (κ3) is 3.04. The molecular formula is C20H18N4O. The van der Waals surface area contributed by atoms with E-state index in [2.05, 4.69) is 27.4 Å². The second kappa shape index (κ2) is 6.65. The van der Waals surface area contributed by atoms with Crippen molar-refractivity contribution >= 4 is 11.5 Å². The highest BCUT2D eigenvalue weighted by atomic mass is 16.3. The average Bonchev–Trinajstić information content (AvgIpc) is 3.02. The van der Waals surface area contributed by atoms with Gasteiger partial charge in [-0.1, -0.05) is 42.5 Å². The first-order valence-electron chi connectivity index (χ1n) is 8.21. The number of phenolic OH excluding ortho intramolecular Hbond substituents is 1. The van der Waals surface area contributed by atoms with Crippen molar-refractivity contribution in [1.82, 2.24) is 14.4 Å². The maximum absolute atomic E-state index is 10.2. The van der Waals surface area contributed by atoms with Crippen molar-refractivity contribution in [3.05, 3.63) is 78.8 Å². The molecule has 2 aromatic carbocycles. The standard InChI is InChI=1S/C20H18N4O/c25-17-9-5-4-8-16(17)19-20(24-13-12-21-14-18(24)23-19)22-11-10-15-6-2-1-3-7-15/h1-9,12-14,22,25H,10-11H2. The van der Waals surface area contributed by atoms with Crippen molar-refractivity contribution in [3.8, 4) is 17.0 Å². The maximum atomic E-state index is 10.2. The van der Waals surface area contributed by atoms with Gasteiger partial charge >= 0.3 is 0 Å². The minimum atomic E-state index is 0.213. The second-order valence-electron chi connectivity index (χ2n) is 5.79. The van der Waals surface area contributed by atoms with Gasteiger partial charge in [0.2, 0.25) is 0 Å². The molecule has 0 spiro atoms. The Bertz CT molecular complexity index is 995. The largest absolute Gasteiger partial charge is 0.507 e. The number of phenols is 1. The number of hydrogen-bond acceptors (Lipinski definition) is 4. The summed E-state index contributed by atoms with van der Waals surface area (Å²) in [5.74, 6) is 1.07. The Kier molecular flexibility index (Phi) is 4.04. The first-order chi connectivity index (χ1) is 12.3. The molecule has 0 aliphatic heterocycles. The lowest BCUT2D eigenvalue weighted by atomic mass is 10.1. The number of imidazole rings is 1. The van der Waals surface area contributed by atoms with Crippen LogP contribution >= 0.6 is 0 Å². The Balaban J connectivity index is 1.69. The molecule has 4 aromatic rings. The summed E-state index contributed by atoms with van der Waals surface area (Å²) in [6, 6.07) is 17.6. The van der Waals surface area contributed by atoms with Crippen molar-refractivity contribution < 1.29 is 5.11 Å². The highest BCUT2D eigenvalue weighted by Gasteiger charge is 2.16. The number of rotatable bonds is 5. The van der Waals surface area contributed by atoms with Gasteiger partial charge in [0.15, 0.2) is 5.65 Å². The minimum absolute atomic E-state index is 0.213. The summed E-state index contributed by atoms with van der Waals surface area (Å²) in [6.07, 6.45) is 6.22. The molecule has 25 heavy (non-hydrogen) atoms. The molecule has 4 rings (SSSR count).